The van der Waals surface area contributed by atoms with Crippen molar-refractivity contribution in [1.29, 1.82) is 0 Å². The molecule has 0 amide bonds. The summed E-state index contributed by atoms with van der Waals surface area (Å²) in [4.78, 5) is 2.45. The van der Waals surface area contributed by atoms with Gasteiger partial charge in [-0.2, -0.15) is 0 Å². The van der Waals surface area contributed by atoms with Crippen LogP contribution >= 0.6 is 31.9 Å². The first kappa shape index (κ1) is 12.4. The first-order chi connectivity index (χ1) is 7.70. The van der Waals surface area contributed by atoms with E-state index in [2.05, 4.69) is 60.3 Å². The Morgan fingerprint density at radius 2 is 2.19 bits per heavy atom. The molecule has 0 radical (unpaired) electrons. The van der Waals surface area contributed by atoms with Crippen LogP contribution < -0.4 is 10.2 Å². The fourth-order valence-corrected chi connectivity index (χ4v) is 3.47. The smallest absolute Gasteiger partial charge is 0.0511 e. The van der Waals surface area contributed by atoms with Crippen LogP contribution in [0.3, 0.4) is 0 Å². The molecule has 1 saturated heterocycles. The van der Waals surface area contributed by atoms with E-state index in [1.807, 2.05) is 7.05 Å². The van der Waals surface area contributed by atoms with Crippen LogP contribution in [0, 0.1) is 0 Å². The van der Waals surface area contributed by atoms with Crippen LogP contribution in [0.25, 0.3) is 0 Å². The predicted octanol–water partition coefficient (Wildman–Crippen LogP) is 3.40. The number of piperidine rings is 1. The molecule has 1 aromatic carbocycles. The molecule has 1 atom stereocenters. The minimum absolute atomic E-state index is 0.615. The summed E-state index contributed by atoms with van der Waals surface area (Å²) in [5, 5.41) is 3.37. The Balaban J connectivity index is 2.16. The van der Waals surface area contributed by atoms with Gasteiger partial charge in [0.15, 0.2) is 0 Å². The van der Waals surface area contributed by atoms with Gasteiger partial charge in [-0.25, -0.2) is 0 Å². The number of nitrogens with one attached hydrogen (secondary N) is 1. The second-order valence-corrected chi connectivity index (χ2v) is 5.94. The molecule has 88 valence electrons. The molecule has 1 aromatic rings. The van der Waals surface area contributed by atoms with Gasteiger partial charge in [0.2, 0.25) is 0 Å². The van der Waals surface area contributed by atoms with Crippen LogP contribution in [0.1, 0.15) is 12.8 Å². The number of likely N-dealkylation sites (N-methyl/N-ethyl adjacent to an activating group) is 1. The predicted molar refractivity (Wildman–Crippen MR) is 76.1 cm³/mol. The van der Waals surface area contributed by atoms with E-state index in [-0.39, 0.29) is 0 Å². The van der Waals surface area contributed by atoms with Gasteiger partial charge in [0.1, 0.15) is 0 Å². The van der Waals surface area contributed by atoms with Gasteiger partial charge in [-0.15, -0.1) is 0 Å². The molecule has 0 spiro atoms. The Hall–Kier alpha value is -0.0600. The fourth-order valence-electron chi connectivity index (χ4n) is 2.17. The lowest BCUT2D eigenvalue weighted by Gasteiger charge is -2.34. The van der Waals surface area contributed by atoms with E-state index in [9.17, 15) is 0 Å². The molecule has 0 saturated carbocycles. The largest absolute Gasteiger partial charge is 0.369 e. The van der Waals surface area contributed by atoms with Crippen molar-refractivity contribution in [2.24, 2.45) is 0 Å². The summed E-state index contributed by atoms with van der Waals surface area (Å²) in [6.07, 6.45) is 2.54. The minimum Gasteiger partial charge on any atom is -0.369 e. The number of hydrogen-bond acceptors (Lipinski definition) is 2. The maximum absolute atomic E-state index is 3.63. The highest BCUT2D eigenvalue weighted by atomic mass is 79.9. The molecule has 0 bridgehead atoms. The van der Waals surface area contributed by atoms with Crippen molar-refractivity contribution in [3.8, 4) is 0 Å². The minimum atomic E-state index is 0.615. The average molecular weight is 348 g/mol. The lowest BCUT2D eigenvalue weighted by molar-refractivity contribution is 0.449. The lowest BCUT2D eigenvalue weighted by atomic mass is 10.1. The van der Waals surface area contributed by atoms with Gasteiger partial charge in [0.25, 0.3) is 0 Å². The standard InChI is InChI=1S/C12H16Br2N2/c1-15-10-3-2-6-16(8-10)12-5-4-9(13)7-11(12)14/h4-5,7,10,15H,2-3,6,8H2,1H3. The molecular formula is C12H16Br2N2. The first-order valence-electron chi connectivity index (χ1n) is 5.58. The quantitative estimate of drug-likeness (QED) is 0.882. The second kappa shape index (κ2) is 5.52. The maximum Gasteiger partial charge on any atom is 0.0511 e. The molecule has 1 heterocycles. The SMILES string of the molecule is CNC1CCCN(c2ccc(Br)cc2Br)C1. The maximum atomic E-state index is 3.63. The third-order valence-electron chi connectivity index (χ3n) is 3.08. The third kappa shape index (κ3) is 2.79. The Labute approximate surface area is 114 Å². The molecule has 16 heavy (non-hydrogen) atoms. The average Bonchev–Trinajstić information content (AvgIpc) is 2.29. The van der Waals surface area contributed by atoms with Crippen LogP contribution in [0.5, 0.6) is 0 Å². The van der Waals surface area contributed by atoms with Crippen molar-refractivity contribution < 1.29 is 0 Å². The molecule has 0 aromatic heterocycles. The van der Waals surface area contributed by atoms with Crippen molar-refractivity contribution >= 4 is 37.5 Å². The summed E-state index contributed by atoms with van der Waals surface area (Å²) in [6.45, 7) is 2.25. The number of nitrogens with zero attached hydrogens (tertiary/aromatic N) is 1. The number of hydrogen-bond donors (Lipinski definition) is 1. The van der Waals surface area contributed by atoms with Gasteiger partial charge in [-0.05, 0) is 54.0 Å². The highest BCUT2D eigenvalue weighted by Crippen LogP contribution is 2.31. The Kier molecular flexibility index (Phi) is 4.27. The van der Waals surface area contributed by atoms with Gasteiger partial charge in [-0.1, -0.05) is 15.9 Å². The van der Waals surface area contributed by atoms with E-state index in [4.69, 9.17) is 0 Å². The number of rotatable bonds is 2. The van der Waals surface area contributed by atoms with Gasteiger partial charge in [0.05, 0.1) is 5.69 Å². The monoisotopic (exact) mass is 346 g/mol. The van der Waals surface area contributed by atoms with Crippen LogP contribution in [0.2, 0.25) is 0 Å². The molecule has 1 aliphatic heterocycles. The summed E-state index contributed by atoms with van der Waals surface area (Å²) >= 11 is 7.12. The highest BCUT2D eigenvalue weighted by molar-refractivity contribution is 9.11. The molecule has 1 unspecified atom stereocenters. The number of halogens is 2. The van der Waals surface area contributed by atoms with Crippen molar-refractivity contribution in [2.75, 3.05) is 25.0 Å². The molecular weight excluding hydrogens is 332 g/mol. The van der Waals surface area contributed by atoms with Crippen molar-refractivity contribution in [1.82, 2.24) is 5.32 Å². The molecule has 1 fully saturated rings. The Morgan fingerprint density at radius 1 is 1.38 bits per heavy atom. The van der Waals surface area contributed by atoms with Crippen LogP contribution in [0.15, 0.2) is 27.1 Å². The molecule has 2 nitrogen and oxygen atoms in total. The summed E-state index contributed by atoms with van der Waals surface area (Å²) in [5.41, 5.74) is 1.29. The van der Waals surface area contributed by atoms with Crippen LogP contribution in [-0.4, -0.2) is 26.2 Å². The van der Waals surface area contributed by atoms with Gasteiger partial charge >= 0.3 is 0 Å². The summed E-state index contributed by atoms with van der Waals surface area (Å²) < 4.78 is 2.28. The first-order valence-corrected chi connectivity index (χ1v) is 7.16. The summed E-state index contributed by atoms with van der Waals surface area (Å²) in [7, 11) is 2.05. The molecule has 1 aliphatic rings. The number of benzene rings is 1. The Bertz CT molecular complexity index is 368. The summed E-state index contributed by atoms with van der Waals surface area (Å²) in [6, 6.07) is 7.00. The zero-order valence-electron chi connectivity index (χ0n) is 9.34. The second-order valence-electron chi connectivity index (χ2n) is 4.17. The van der Waals surface area contributed by atoms with Crippen LogP contribution in [0.4, 0.5) is 5.69 Å². The van der Waals surface area contributed by atoms with Crippen molar-refractivity contribution in [3.63, 3.8) is 0 Å². The third-order valence-corrected chi connectivity index (χ3v) is 4.21. The fraction of sp³-hybridized carbons (Fsp3) is 0.500. The molecule has 1 N–H and O–H groups in total. The zero-order chi connectivity index (χ0) is 11.5. The normalized spacial score (nSPS) is 21.2. The van der Waals surface area contributed by atoms with Crippen LogP contribution in [-0.2, 0) is 0 Å². The Morgan fingerprint density at radius 3 is 2.88 bits per heavy atom. The van der Waals surface area contributed by atoms with E-state index in [0.717, 1.165) is 17.6 Å². The van der Waals surface area contributed by atoms with E-state index >= 15 is 0 Å². The zero-order valence-corrected chi connectivity index (χ0v) is 12.5. The number of anilines is 1. The lowest BCUT2D eigenvalue weighted by Crippen LogP contribution is -2.44. The van der Waals surface area contributed by atoms with Gasteiger partial charge < -0.3 is 10.2 Å². The van der Waals surface area contributed by atoms with Crippen molar-refractivity contribution in [3.05, 3.63) is 27.1 Å². The molecule has 0 aliphatic carbocycles. The summed E-state index contributed by atoms with van der Waals surface area (Å²) in [5.74, 6) is 0. The van der Waals surface area contributed by atoms with E-state index < -0.39 is 0 Å². The van der Waals surface area contributed by atoms with Gasteiger partial charge in [0, 0.05) is 28.1 Å². The van der Waals surface area contributed by atoms with E-state index in [1.165, 1.54) is 23.0 Å². The molecule has 4 heteroatoms. The van der Waals surface area contributed by atoms with E-state index in [1.54, 1.807) is 0 Å². The highest BCUT2D eigenvalue weighted by Gasteiger charge is 2.19. The van der Waals surface area contributed by atoms with E-state index in [0.29, 0.717) is 6.04 Å². The molecule has 2 rings (SSSR count). The topological polar surface area (TPSA) is 15.3 Å². The van der Waals surface area contributed by atoms with Crippen molar-refractivity contribution in [2.45, 2.75) is 18.9 Å². The van der Waals surface area contributed by atoms with Gasteiger partial charge in [-0.3, -0.25) is 0 Å².